The van der Waals surface area contributed by atoms with Crippen LogP contribution >= 0.6 is 0 Å². The lowest BCUT2D eigenvalue weighted by molar-refractivity contribution is -0.120. The average Bonchev–Trinajstić information content (AvgIpc) is 3.57. The predicted octanol–water partition coefficient (Wildman–Crippen LogP) is 5.33. The lowest BCUT2D eigenvalue weighted by atomic mass is 9.82. The molecule has 8 N–H and O–H groups in total. The lowest BCUT2D eigenvalue weighted by Crippen LogP contribution is -2.37. The standard InChI is InChI=1S/C61H85N5O16/c1-32-24-42-40(46(67)30-44(54(42)71)64-58(73)34(3)16-14-18-48(77-10)56(81-60(62)75)38(7)28-36(5)52(69)50(26-32)79-12)20-22-66(9)23-21-41-43-25-33(2)27-51(80-13)53(70)37(6)29-39(8)57(82-61(63)76)49(78-11)19-15-17-35(4)59(74)65-45(55(43)72)31-47(41)68/h14-19,28-33,36-37,48-53,56-57,69-70H,20-27H2,1-13H3,(H2,62,75)(H2,63,76)(H,64,73)(H,65,74)/b18-14-,19-15-,34-16+,35-17+,38-28+,39-29+/t32-,33-,36+,37+,48-,49+,50+,51+,52+,53-,56+,57+/m1/s1. The minimum atomic E-state index is -1.08. The van der Waals surface area contributed by atoms with E-state index in [4.69, 9.17) is 39.9 Å². The van der Waals surface area contributed by atoms with E-state index in [-0.39, 0.29) is 108 Å². The van der Waals surface area contributed by atoms with E-state index < -0.39 is 108 Å². The Balaban J connectivity index is 1.68. The van der Waals surface area contributed by atoms with E-state index in [2.05, 4.69) is 10.6 Å². The Labute approximate surface area is 481 Å². The van der Waals surface area contributed by atoms with Crippen LogP contribution in [0.1, 0.15) is 93.9 Å². The number of hydrogen-bond acceptors (Lipinski definition) is 17. The summed E-state index contributed by atoms with van der Waals surface area (Å²) in [6.07, 6.45) is 6.14. The first-order valence-corrected chi connectivity index (χ1v) is 27.5. The molecule has 21 heteroatoms. The number of primary amides is 2. The number of hydrogen-bond donors (Lipinski definition) is 6. The first-order chi connectivity index (χ1) is 38.6. The molecule has 0 aromatic carbocycles. The summed E-state index contributed by atoms with van der Waals surface area (Å²) in [6, 6.07) is 0. The van der Waals surface area contributed by atoms with E-state index in [9.17, 15) is 48.6 Å². The van der Waals surface area contributed by atoms with Crippen LogP contribution in [0, 0.1) is 23.7 Å². The van der Waals surface area contributed by atoms with Crippen LogP contribution < -0.4 is 22.1 Å². The van der Waals surface area contributed by atoms with E-state index in [0.29, 0.717) is 11.1 Å². The maximum atomic E-state index is 14.5. The van der Waals surface area contributed by atoms with Gasteiger partial charge in [-0.1, -0.05) is 76.3 Å². The van der Waals surface area contributed by atoms with Crippen molar-refractivity contribution in [1.82, 2.24) is 15.5 Å². The maximum Gasteiger partial charge on any atom is 0.405 e. The largest absolute Gasteiger partial charge is 0.439 e. The summed E-state index contributed by atoms with van der Waals surface area (Å²) in [7, 11) is 7.51. The summed E-state index contributed by atoms with van der Waals surface area (Å²) in [5, 5.41) is 28.5. The number of fused-ring (bicyclic) bond motifs is 4. The van der Waals surface area contributed by atoms with Crippen LogP contribution in [-0.2, 0) is 57.2 Å². The molecule has 2 aliphatic heterocycles. The number of methoxy groups -OCH3 is 4. The zero-order chi connectivity index (χ0) is 61.3. The second kappa shape index (κ2) is 31.6. The molecular weight excluding hydrogens is 1060 g/mol. The van der Waals surface area contributed by atoms with Gasteiger partial charge in [-0.25, -0.2) is 9.59 Å². The second-order valence-corrected chi connectivity index (χ2v) is 21.9. The first-order valence-electron chi connectivity index (χ1n) is 27.5. The number of ketones is 4. The highest BCUT2D eigenvalue weighted by atomic mass is 16.6. The van der Waals surface area contributed by atoms with Crippen LogP contribution in [0.5, 0.6) is 0 Å². The highest BCUT2D eigenvalue weighted by molar-refractivity contribution is 6.24. The van der Waals surface area contributed by atoms with Gasteiger partial charge in [0.1, 0.15) is 12.2 Å². The zero-order valence-electron chi connectivity index (χ0n) is 49.6. The number of carbonyl (C=O) groups is 8. The molecule has 0 radical (unpaired) electrons. The van der Waals surface area contributed by atoms with Gasteiger partial charge >= 0.3 is 12.2 Å². The highest BCUT2D eigenvalue weighted by Crippen LogP contribution is 2.33. The van der Waals surface area contributed by atoms with Gasteiger partial charge in [-0.2, -0.15) is 0 Å². The van der Waals surface area contributed by atoms with Gasteiger partial charge in [0, 0.05) is 99.0 Å². The normalized spacial score (nSPS) is 32.6. The van der Waals surface area contributed by atoms with Crippen molar-refractivity contribution in [3.05, 3.63) is 117 Å². The molecule has 4 aliphatic rings. The average molecular weight is 1140 g/mol. The Morgan fingerprint density at radius 1 is 0.598 bits per heavy atom. The smallest absolute Gasteiger partial charge is 0.405 e. The quantitative estimate of drug-likeness (QED) is 0.106. The van der Waals surface area contributed by atoms with Crippen LogP contribution in [-0.4, -0.2) is 160 Å². The van der Waals surface area contributed by atoms with Crippen LogP contribution in [0.15, 0.2) is 117 Å². The Morgan fingerprint density at radius 3 is 1.27 bits per heavy atom. The molecule has 21 nitrogen and oxygen atoms in total. The SMILES string of the molecule is CO[C@H]1/C=C\C=C(/C)C(=O)NC2=CC(=O)C(CCN(C)CCC3=C4C[C@@H](C)C[C@H](OC)[C@@H](O)[C@@H](C)/C=C(\C)[C@H](OC(N)=O)[C@H](OC)/C=C\C=C(/C)C(=O)NC(=CC3=O)C4=O)=C(C[C@@H](C)C[C@H](OC)[C@H](O)[C@@H](C)/C=C(\C)[C@@H]1OC(N)=O)C2=O. The molecule has 0 saturated carbocycles. The molecule has 0 unspecified atom stereocenters. The Bertz CT molecular complexity index is 2560. The number of carbonyl (C=O) groups excluding carboxylic acids is 8. The lowest BCUT2D eigenvalue weighted by Gasteiger charge is -2.30. The van der Waals surface area contributed by atoms with Gasteiger partial charge in [0.2, 0.25) is 11.6 Å². The fourth-order valence-electron chi connectivity index (χ4n) is 10.6. The zero-order valence-corrected chi connectivity index (χ0v) is 49.6. The molecule has 4 rings (SSSR count). The number of nitrogens with zero attached hydrogens (tertiary/aromatic N) is 1. The topological polar surface area (TPSA) is 312 Å². The number of Topliss-reactive ketones (excluding diaryl/α,β-unsaturated/α-hetero) is 2. The summed E-state index contributed by atoms with van der Waals surface area (Å²) in [6.45, 7) is 14.2. The second-order valence-electron chi connectivity index (χ2n) is 21.9. The van der Waals surface area contributed by atoms with Crippen LogP contribution in [0.2, 0.25) is 0 Å². The molecule has 2 aliphatic carbocycles. The molecular formula is C61H85N5O16. The summed E-state index contributed by atoms with van der Waals surface area (Å²) in [4.78, 5) is 110. The number of ether oxygens (including phenoxy) is 6. The number of amides is 4. The molecule has 4 amide bonds. The summed E-state index contributed by atoms with van der Waals surface area (Å²) in [5.74, 6) is -5.18. The van der Waals surface area contributed by atoms with E-state index >= 15 is 0 Å². The molecule has 2 heterocycles. The van der Waals surface area contributed by atoms with Crippen molar-refractivity contribution in [2.45, 2.75) is 143 Å². The van der Waals surface area contributed by atoms with Crippen LogP contribution in [0.3, 0.4) is 0 Å². The number of nitrogens with two attached hydrogens (primary N) is 2. The molecule has 12 atom stereocenters. The monoisotopic (exact) mass is 1140 g/mol. The molecule has 0 saturated heterocycles. The Kier molecular flexibility index (Phi) is 26.2. The fourth-order valence-corrected chi connectivity index (χ4v) is 10.6. The molecule has 4 bridgehead atoms. The van der Waals surface area contributed by atoms with Crippen molar-refractivity contribution in [3.63, 3.8) is 0 Å². The highest BCUT2D eigenvalue weighted by Gasteiger charge is 2.36. The van der Waals surface area contributed by atoms with Gasteiger partial charge in [-0.3, -0.25) is 28.8 Å². The molecule has 82 heavy (non-hydrogen) atoms. The van der Waals surface area contributed by atoms with Crippen molar-refractivity contribution >= 4 is 47.1 Å². The maximum absolute atomic E-state index is 14.5. The van der Waals surface area contributed by atoms with Crippen LogP contribution in [0.4, 0.5) is 9.59 Å². The molecule has 0 spiro atoms. The van der Waals surface area contributed by atoms with Crippen molar-refractivity contribution in [2.24, 2.45) is 35.1 Å². The molecule has 0 fully saturated rings. The minimum absolute atomic E-state index is 0.0768. The number of rotatable bonds is 12. The molecule has 0 aromatic rings. The van der Waals surface area contributed by atoms with Gasteiger partial charge in [0.05, 0.1) is 35.8 Å². The minimum Gasteiger partial charge on any atom is -0.439 e. The summed E-state index contributed by atoms with van der Waals surface area (Å²) in [5.41, 5.74) is 12.7. The number of aliphatic hydroxyl groups excluding tert-OH is 2. The first kappa shape index (κ1) is 67.8. The van der Waals surface area contributed by atoms with E-state index in [1.54, 1.807) is 59.0 Å². The third-order valence-corrected chi connectivity index (χ3v) is 15.3. The van der Waals surface area contributed by atoms with Gasteiger partial charge in [0.25, 0.3) is 11.8 Å². The summed E-state index contributed by atoms with van der Waals surface area (Å²) < 4.78 is 33.8. The fraction of sp³-hybridized carbons (Fsp3) is 0.541. The Morgan fingerprint density at radius 2 is 0.951 bits per heavy atom. The third kappa shape index (κ3) is 18.6. The summed E-state index contributed by atoms with van der Waals surface area (Å²) >= 11 is 0. The number of nitrogens with one attached hydrogen (secondary N) is 2. The number of aliphatic hydroxyl groups is 2. The Hall–Kier alpha value is -6.72. The number of allylic oxidation sites excluding steroid dienone is 8. The van der Waals surface area contributed by atoms with Crippen molar-refractivity contribution in [3.8, 4) is 0 Å². The van der Waals surface area contributed by atoms with Crippen molar-refractivity contribution < 1.29 is 77.0 Å². The van der Waals surface area contributed by atoms with Gasteiger partial charge in [-0.05, 0) is 96.2 Å². The van der Waals surface area contributed by atoms with E-state index in [1.165, 1.54) is 66.6 Å². The van der Waals surface area contributed by atoms with Gasteiger partial charge in [0.15, 0.2) is 23.8 Å². The third-order valence-electron chi connectivity index (χ3n) is 15.3. The van der Waals surface area contributed by atoms with Crippen molar-refractivity contribution in [2.75, 3.05) is 48.6 Å². The van der Waals surface area contributed by atoms with Gasteiger partial charge < -0.3 is 65.6 Å². The molecule has 0 aromatic heterocycles. The van der Waals surface area contributed by atoms with E-state index in [1.807, 2.05) is 18.7 Å². The van der Waals surface area contributed by atoms with E-state index in [0.717, 1.165) is 12.2 Å². The van der Waals surface area contributed by atoms with Crippen molar-refractivity contribution in [1.29, 1.82) is 0 Å². The van der Waals surface area contributed by atoms with Crippen LogP contribution in [0.25, 0.3) is 0 Å². The predicted molar refractivity (Wildman–Crippen MR) is 306 cm³/mol. The van der Waals surface area contributed by atoms with Gasteiger partial charge in [-0.15, -0.1) is 0 Å². The molecule has 450 valence electrons.